The third-order valence-corrected chi connectivity index (χ3v) is 4.32. The number of amidine groups is 1. The SMILES string of the molecule is CNC([S-])=NN=C(C)C(C)=NNc1ccc(/C=C/c2ccc(N(C)C)cc2)cn1.[Cu+]. The van der Waals surface area contributed by atoms with Gasteiger partial charge >= 0.3 is 17.1 Å². The molecule has 0 spiro atoms. The van der Waals surface area contributed by atoms with Crippen LogP contribution < -0.4 is 15.6 Å². The van der Waals surface area contributed by atoms with Crippen LogP contribution in [0.1, 0.15) is 25.0 Å². The molecule has 0 aliphatic heterocycles. The molecular weight excluding hydrogens is 446 g/mol. The third kappa shape index (κ3) is 8.32. The Morgan fingerprint density at radius 3 is 2.17 bits per heavy atom. The number of benzene rings is 1. The number of rotatable bonds is 7. The van der Waals surface area contributed by atoms with Gasteiger partial charge in [0.2, 0.25) is 0 Å². The molecule has 0 atom stereocenters. The first-order valence-corrected chi connectivity index (χ1v) is 9.49. The fourth-order valence-electron chi connectivity index (χ4n) is 2.11. The maximum atomic E-state index is 4.92. The van der Waals surface area contributed by atoms with E-state index >= 15 is 0 Å². The first kappa shape index (κ1) is 25.3. The Balaban J connectivity index is 0.00000450. The molecule has 2 aromatic rings. The summed E-state index contributed by atoms with van der Waals surface area (Å²) in [7, 11) is 5.76. The zero-order valence-corrected chi connectivity index (χ0v) is 19.4. The van der Waals surface area contributed by atoms with Gasteiger partial charge < -0.3 is 22.8 Å². The maximum absolute atomic E-state index is 4.92. The monoisotopic (exact) mass is 471 g/mol. The second-order valence-electron chi connectivity index (χ2n) is 6.45. The van der Waals surface area contributed by atoms with E-state index in [0.717, 1.165) is 11.1 Å². The van der Waals surface area contributed by atoms with Gasteiger partial charge in [0.15, 0.2) is 0 Å². The molecule has 0 radical (unpaired) electrons. The van der Waals surface area contributed by atoms with Crippen LogP contribution >= 0.6 is 0 Å². The zero-order chi connectivity index (χ0) is 21.2. The van der Waals surface area contributed by atoms with E-state index in [1.54, 1.807) is 13.2 Å². The average Bonchev–Trinajstić information content (AvgIpc) is 2.74. The fourth-order valence-corrected chi connectivity index (χ4v) is 2.15. The van der Waals surface area contributed by atoms with Gasteiger partial charge in [-0.05, 0) is 54.4 Å². The van der Waals surface area contributed by atoms with Crippen molar-refractivity contribution < 1.29 is 17.1 Å². The Labute approximate surface area is 194 Å². The van der Waals surface area contributed by atoms with Gasteiger partial charge in [0.1, 0.15) is 5.82 Å². The number of hydrogen-bond acceptors (Lipinski definition) is 7. The molecule has 9 heteroatoms. The van der Waals surface area contributed by atoms with Crippen molar-refractivity contribution in [2.45, 2.75) is 13.8 Å². The Morgan fingerprint density at radius 2 is 1.60 bits per heavy atom. The molecule has 2 N–H and O–H groups in total. The number of aromatic nitrogens is 1. The van der Waals surface area contributed by atoms with Crippen molar-refractivity contribution in [2.75, 3.05) is 31.5 Å². The van der Waals surface area contributed by atoms with E-state index in [-0.39, 0.29) is 17.1 Å². The first-order valence-electron chi connectivity index (χ1n) is 9.08. The van der Waals surface area contributed by atoms with Crippen molar-refractivity contribution in [3.63, 3.8) is 0 Å². The zero-order valence-electron chi connectivity index (χ0n) is 17.6. The fraction of sp³-hybridized carbons (Fsp3) is 0.238. The predicted molar refractivity (Wildman–Crippen MR) is 128 cm³/mol. The van der Waals surface area contributed by atoms with Crippen LogP contribution in [0.3, 0.4) is 0 Å². The Kier molecular flexibility index (Phi) is 10.7. The maximum Gasteiger partial charge on any atom is 1.00 e. The van der Waals surface area contributed by atoms with Crippen molar-refractivity contribution in [2.24, 2.45) is 15.3 Å². The van der Waals surface area contributed by atoms with E-state index in [9.17, 15) is 0 Å². The molecule has 1 heterocycles. The minimum absolute atomic E-state index is 0. The van der Waals surface area contributed by atoms with Gasteiger partial charge in [-0.2, -0.15) is 15.3 Å². The minimum atomic E-state index is 0. The van der Waals surface area contributed by atoms with Gasteiger partial charge in [-0.15, -0.1) is 0 Å². The van der Waals surface area contributed by atoms with Crippen LogP contribution in [0.25, 0.3) is 12.2 Å². The molecule has 30 heavy (non-hydrogen) atoms. The Morgan fingerprint density at radius 1 is 0.967 bits per heavy atom. The standard InChI is InChI=1S/C21H27N7S.Cu/c1-15(16(2)25-27-21(29)22-3)24-26-20-13-10-18(14-23-20)7-6-17-8-11-19(12-9-17)28(4)5;/h6-14H,1-5H3,(H,23,26)(H2,22,27,29);/q;+1/p-1/b7-6+,24-15?,25-16?;. The average molecular weight is 472 g/mol. The van der Waals surface area contributed by atoms with Gasteiger partial charge in [0, 0.05) is 33.0 Å². The second kappa shape index (κ2) is 12.7. The molecule has 0 saturated carbocycles. The van der Waals surface area contributed by atoms with Crippen molar-refractivity contribution in [1.82, 2.24) is 10.3 Å². The number of anilines is 2. The van der Waals surface area contributed by atoms with Crippen molar-refractivity contribution in [3.05, 3.63) is 53.7 Å². The predicted octanol–water partition coefficient (Wildman–Crippen LogP) is 3.60. The number of hydrogen-bond donors (Lipinski definition) is 2. The number of pyridine rings is 1. The van der Waals surface area contributed by atoms with E-state index < -0.39 is 0 Å². The molecule has 7 nitrogen and oxygen atoms in total. The Hall–Kier alpha value is -2.74. The topological polar surface area (TPSA) is 77.3 Å². The number of hydrazone groups is 1. The van der Waals surface area contributed by atoms with Crippen LogP contribution in [0.15, 0.2) is 57.9 Å². The van der Waals surface area contributed by atoms with Crippen LogP contribution in [0.4, 0.5) is 11.5 Å². The molecule has 0 amide bonds. The first-order chi connectivity index (χ1) is 13.9. The minimum Gasteiger partial charge on any atom is -0.741 e. The van der Waals surface area contributed by atoms with Crippen LogP contribution in [-0.4, -0.2) is 42.7 Å². The van der Waals surface area contributed by atoms with E-state index in [0.29, 0.717) is 22.4 Å². The molecule has 0 aliphatic carbocycles. The molecule has 0 fully saturated rings. The molecule has 2 rings (SSSR count). The van der Waals surface area contributed by atoms with E-state index in [4.69, 9.17) is 12.6 Å². The normalized spacial score (nSPS) is 12.5. The van der Waals surface area contributed by atoms with Gasteiger partial charge in [0.05, 0.1) is 11.4 Å². The number of nitrogens with zero attached hydrogens (tertiary/aromatic N) is 5. The molecule has 0 aliphatic rings. The summed E-state index contributed by atoms with van der Waals surface area (Å²) in [5, 5.41) is 15.2. The van der Waals surface area contributed by atoms with E-state index in [2.05, 4.69) is 66.3 Å². The third-order valence-electron chi connectivity index (χ3n) is 4.03. The van der Waals surface area contributed by atoms with Crippen LogP contribution in [0.5, 0.6) is 0 Å². The Bertz CT molecular complexity index is 917. The summed E-state index contributed by atoms with van der Waals surface area (Å²) in [5.74, 6) is 0.646. The van der Waals surface area contributed by atoms with Crippen LogP contribution in [-0.2, 0) is 29.7 Å². The number of nitrogens with one attached hydrogen (secondary N) is 2. The van der Waals surface area contributed by atoms with Gasteiger partial charge in [0.25, 0.3) is 0 Å². The largest absolute Gasteiger partial charge is 1.00 e. The summed E-state index contributed by atoms with van der Waals surface area (Å²) in [4.78, 5) is 6.45. The summed E-state index contributed by atoms with van der Waals surface area (Å²) in [6, 6.07) is 12.2. The van der Waals surface area contributed by atoms with Gasteiger partial charge in [-0.1, -0.05) is 24.3 Å². The van der Waals surface area contributed by atoms with Crippen LogP contribution in [0, 0.1) is 0 Å². The van der Waals surface area contributed by atoms with E-state index in [1.165, 1.54) is 5.69 Å². The summed E-state index contributed by atoms with van der Waals surface area (Å²) >= 11 is 4.92. The van der Waals surface area contributed by atoms with Crippen LogP contribution in [0.2, 0.25) is 0 Å². The van der Waals surface area contributed by atoms with E-state index in [1.807, 2.05) is 46.2 Å². The molecular formula is C21H26CuN7S. The molecule has 0 unspecified atom stereocenters. The second-order valence-corrected chi connectivity index (χ2v) is 6.83. The molecule has 1 aromatic heterocycles. The molecule has 1 aromatic carbocycles. The quantitative estimate of drug-likeness (QED) is 0.212. The summed E-state index contributed by atoms with van der Waals surface area (Å²) in [6.07, 6.45) is 5.88. The van der Waals surface area contributed by atoms with Gasteiger partial charge in [-0.25, -0.2) is 4.98 Å². The molecule has 162 valence electrons. The smallest absolute Gasteiger partial charge is 0.741 e. The molecule has 0 bridgehead atoms. The van der Waals surface area contributed by atoms with Crippen molar-refractivity contribution >= 4 is 52.9 Å². The summed E-state index contributed by atoms with van der Waals surface area (Å²) in [5.41, 5.74) is 7.59. The molecule has 0 saturated heterocycles. The van der Waals surface area contributed by atoms with Crippen molar-refractivity contribution in [1.29, 1.82) is 0 Å². The summed E-state index contributed by atoms with van der Waals surface area (Å²) in [6.45, 7) is 3.65. The van der Waals surface area contributed by atoms with Gasteiger partial charge in [-0.3, -0.25) is 5.43 Å². The summed E-state index contributed by atoms with van der Waals surface area (Å²) < 4.78 is 0. The van der Waals surface area contributed by atoms with Crippen molar-refractivity contribution in [3.8, 4) is 0 Å².